The maximum absolute atomic E-state index is 6.32. The number of thiophene rings is 1. The van der Waals surface area contributed by atoms with Gasteiger partial charge in [-0.15, -0.1) is 11.3 Å². The molecule has 0 unspecified atom stereocenters. The highest BCUT2D eigenvalue weighted by Crippen LogP contribution is 2.41. The first-order valence-electron chi connectivity index (χ1n) is 7.01. The minimum Gasteiger partial charge on any atom is -0.397 e. The van der Waals surface area contributed by atoms with Gasteiger partial charge in [-0.05, 0) is 38.3 Å². The zero-order valence-electron chi connectivity index (χ0n) is 12.6. The van der Waals surface area contributed by atoms with E-state index in [1.54, 1.807) is 0 Å². The summed E-state index contributed by atoms with van der Waals surface area (Å²) in [5.74, 6) is 1.22. The van der Waals surface area contributed by atoms with E-state index in [1.807, 2.05) is 6.92 Å². The van der Waals surface area contributed by atoms with Crippen LogP contribution in [0.2, 0.25) is 0 Å². The van der Waals surface area contributed by atoms with E-state index in [2.05, 4.69) is 35.9 Å². The summed E-state index contributed by atoms with van der Waals surface area (Å²) in [5, 5.41) is 5.00. The van der Waals surface area contributed by atoms with Gasteiger partial charge in [0.15, 0.2) is 5.82 Å². The molecule has 0 atom stereocenters. The second kappa shape index (κ2) is 5.11. The number of rotatable bonds is 3. The van der Waals surface area contributed by atoms with Crippen LogP contribution in [0.3, 0.4) is 0 Å². The van der Waals surface area contributed by atoms with Gasteiger partial charge in [-0.25, -0.2) is 4.98 Å². The van der Waals surface area contributed by atoms with Crippen molar-refractivity contribution in [2.45, 2.75) is 40.5 Å². The second-order valence-electron chi connectivity index (χ2n) is 5.24. The normalized spacial score (nSPS) is 11.4. The van der Waals surface area contributed by atoms with Crippen LogP contribution in [0.4, 0.5) is 5.69 Å². The number of fused-ring (bicyclic) bond motifs is 1. The van der Waals surface area contributed by atoms with Gasteiger partial charge in [0, 0.05) is 17.5 Å². The van der Waals surface area contributed by atoms with Crippen LogP contribution in [0.15, 0.2) is 4.52 Å². The molecule has 0 bridgehead atoms. The van der Waals surface area contributed by atoms with Crippen molar-refractivity contribution in [1.29, 1.82) is 0 Å². The topological polar surface area (TPSA) is 77.8 Å². The third kappa shape index (κ3) is 2.19. The van der Waals surface area contributed by atoms with E-state index in [1.165, 1.54) is 22.5 Å². The van der Waals surface area contributed by atoms with Gasteiger partial charge in [0.05, 0.1) is 5.69 Å². The number of aromatic nitrogens is 3. The SMILES string of the molecule is CCCc1noc(-c2sc3nc(C)c(C)c(C)c3c2N)n1. The molecular formula is C15H18N4OS. The van der Waals surface area contributed by atoms with Crippen LogP contribution >= 0.6 is 11.3 Å². The van der Waals surface area contributed by atoms with Gasteiger partial charge >= 0.3 is 0 Å². The molecule has 0 amide bonds. The lowest BCUT2D eigenvalue weighted by molar-refractivity contribution is 0.423. The second-order valence-corrected chi connectivity index (χ2v) is 6.24. The number of nitrogens with zero attached hydrogens (tertiary/aromatic N) is 3. The molecule has 2 N–H and O–H groups in total. The molecule has 3 aromatic heterocycles. The lowest BCUT2D eigenvalue weighted by atomic mass is 10.1. The highest BCUT2D eigenvalue weighted by Gasteiger charge is 2.20. The number of hydrogen-bond acceptors (Lipinski definition) is 6. The van der Waals surface area contributed by atoms with Crippen LogP contribution in [-0.4, -0.2) is 15.1 Å². The highest BCUT2D eigenvalue weighted by molar-refractivity contribution is 7.22. The largest absolute Gasteiger partial charge is 0.397 e. The predicted molar refractivity (Wildman–Crippen MR) is 85.5 cm³/mol. The first-order valence-corrected chi connectivity index (χ1v) is 7.83. The number of hydrogen-bond donors (Lipinski definition) is 1. The Balaban J connectivity index is 2.19. The van der Waals surface area contributed by atoms with E-state index in [4.69, 9.17) is 10.3 Å². The van der Waals surface area contributed by atoms with E-state index >= 15 is 0 Å². The molecule has 0 aliphatic heterocycles. The van der Waals surface area contributed by atoms with Crippen molar-refractivity contribution in [2.75, 3.05) is 5.73 Å². The fraction of sp³-hybridized carbons (Fsp3) is 0.400. The summed E-state index contributed by atoms with van der Waals surface area (Å²) in [6.07, 6.45) is 1.80. The fourth-order valence-corrected chi connectivity index (χ4v) is 3.52. The molecule has 0 aliphatic rings. The quantitative estimate of drug-likeness (QED) is 0.796. The minimum absolute atomic E-state index is 0.494. The molecule has 0 aromatic carbocycles. The lowest BCUT2D eigenvalue weighted by Crippen LogP contribution is -1.93. The third-order valence-corrected chi connectivity index (χ3v) is 4.90. The summed E-state index contributed by atoms with van der Waals surface area (Å²) in [4.78, 5) is 10.8. The van der Waals surface area contributed by atoms with Gasteiger partial charge in [-0.3, -0.25) is 0 Å². The minimum atomic E-state index is 0.494. The van der Waals surface area contributed by atoms with Crippen LogP contribution < -0.4 is 5.73 Å². The summed E-state index contributed by atoms with van der Waals surface area (Å²) in [5.41, 5.74) is 10.4. The lowest BCUT2D eigenvalue weighted by Gasteiger charge is -2.05. The van der Waals surface area contributed by atoms with Gasteiger partial charge in [0.1, 0.15) is 9.71 Å². The number of anilines is 1. The molecule has 0 fully saturated rings. The first-order chi connectivity index (χ1) is 10.0. The van der Waals surface area contributed by atoms with Gasteiger partial charge < -0.3 is 10.3 Å². The average Bonchev–Trinajstić information content (AvgIpc) is 3.02. The van der Waals surface area contributed by atoms with Crippen molar-refractivity contribution in [3.8, 4) is 10.8 Å². The number of pyridine rings is 1. The maximum Gasteiger partial charge on any atom is 0.270 e. The summed E-state index contributed by atoms with van der Waals surface area (Å²) in [7, 11) is 0. The van der Waals surface area contributed by atoms with Crippen LogP contribution in [0.5, 0.6) is 0 Å². The van der Waals surface area contributed by atoms with Crippen LogP contribution in [0.25, 0.3) is 21.0 Å². The summed E-state index contributed by atoms with van der Waals surface area (Å²) >= 11 is 1.51. The monoisotopic (exact) mass is 302 g/mol. The van der Waals surface area contributed by atoms with Gasteiger partial charge in [0.25, 0.3) is 5.89 Å². The van der Waals surface area contributed by atoms with Gasteiger partial charge in [-0.1, -0.05) is 12.1 Å². The van der Waals surface area contributed by atoms with E-state index < -0.39 is 0 Å². The zero-order valence-corrected chi connectivity index (χ0v) is 13.5. The Morgan fingerprint density at radius 2 is 1.90 bits per heavy atom. The Morgan fingerprint density at radius 3 is 2.62 bits per heavy atom. The Morgan fingerprint density at radius 1 is 1.14 bits per heavy atom. The molecule has 3 heterocycles. The van der Waals surface area contributed by atoms with Crippen LogP contribution in [0.1, 0.15) is 36.0 Å². The Labute approximate surface area is 127 Å². The molecule has 6 heteroatoms. The molecule has 0 saturated carbocycles. The molecule has 0 radical (unpaired) electrons. The fourth-order valence-electron chi connectivity index (χ4n) is 2.40. The summed E-state index contributed by atoms with van der Waals surface area (Å²) in [6, 6.07) is 0. The highest BCUT2D eigenvalue weighted by atomic mass is 32.1. The molecule has 3 rings (SSSR count). The van der Waals surface area contributed by atoms with E-state index in [0.717, 1.165) is 39.5 Å². The van der Waals surface area contributed by atoms with E-state index in [0.29, 0.717) is 11.6 Å². The number of aryl methyl sites for hydroxylation is 3. The van der Waals surface area contributed by atoms with Crippen molar-refractivity contribution in [1.82, 2.24) is 15.1 Å². The molecule has 110 valence electrons. The summed E-state index contributed by atoms with van der Waals surface area (Å²) in [6.45, 7) is 8.25. The molecule has 0 saturated heterocycles. The third-order valence-electron chi connectivity index (χ3n) is 3.81. The van der Waals surface area contributed by atoms with E-state index in [-0.39, 0.29) is 0 Å². The Kier molecular flexibility index (Phi) is 3.41. The molecule has 3 aromatic rings. The smallest absolute Gasteiger partial charge is 0.270 e. The molecule has 21 heavy (non-hydrogen) atoms. The van der Waals surface area contributed by atoms with E-state index in [9.17, 15) is 0 Å². The molecule has 0 spiro atoms. The van der Waals surface area contributed by atoms with Crippen molar-refractivity contribution < 1.29 is 4.52 Å². The maximum atomic E-state index is 6.32. The zero-order chi connectivity index (χ0) is 15.1. The average molecular weight is 302 g/mol. The molecule has 0 aliphatic carbocycles. The number of nitrogens with two attached hydrogens (primary N) is 1. The van der Waals surface area contributed by atoms with Gasteiger partial charge in [0.2, 0.25) is 0 Å². The first kappa shape index (κ1) is 14.0. The van der Waals surface area contributed by atoms with Crippen LogP contribution in [-0.2, 0) is 6.42 Å². The van der Waals surface area contributed by atoms with Crippen molar-refractivity contribution in [3.63, 3.8) is 0 Å². The Hall–Kier alpha value is -1.95. The van der Waals surface area contributed by atoms with Crippen molar-refractivity contribution in [3.05, 3.63) is 22.6 Å². The summed E-state index contributed by atoms with van der Waals surface area (Å²) < 4.78 is 5.36. The van der Waals surface area contributed by atoms with Crippen LogP contribution in [0, 0.1) is 20.8 Å². The standard InChI is InChI=1S/C15H18N4OS/c1-5-6-10-18-14(20-19-10)13-12(16)11-8(3)7(2)9(4)17-15(11)21-13/h5-6,16H2,1-4H3. The molecular weight excluding hydrogens is 284 g/mol. The number of nitrogen functional groups attached to an aromatic ring is 1. The van der Waals surface area contributed by atoms with Gasteiger partial charge in [-0.2, -0.15) is 4.98 Å². The van der Waals surface area contributed by atoms with Crippen molar-refractivity contribution in [2.24, 2.45) is 0 Å². The van der Waals surface area contributed by atoms with Crippen molar-refractivity contribution >= 4 is 27.2 Å². The Bertz CT molecular complexity index is 819. The molecule has 5 nitrogen and oxygen atoms in total. The predicted octanol–water partition coefficient (Wildman–Crippen LogP) is 3.81.